The Kier molecular flexibility index (Phi) is 5.21. The van der Waals surface area contributed by atoms with E-state index in [-0.39, 0.29) is 11.8 Å². The molecule has 0 bridgehead atoms. The number of hydrogen-bond acceptors (Lipinski definition) is 5. The van der Waals surface area contributed by atoms with Gasteiger partial charge in [-0.3, -0.25) is 0 Å². The lowest BCUT2D eigenvalue weighted by Gasteiger charge is -2.22. The van der Waals surface area contributed by atoms with E-state index in [2.05, 4.69) is 11.0 Å². The van der Waals surface area contributed by atoms with Gasteiger partial charge in [0.1, 0.15) is 5.75 Å². The van der Waals surface area contributed by atoms with E-state index in [4.69, 9.17) is 10.00 Å². The molecule has 0 N–H and O–H groups in total. The predicted molar refractivity (Wildman–Crippen MR) is 81.0 cm³/mol. The van der Waals surface area contributed by atoms with Gasteiger partial charge in [0.05, 0.1) is 29.7 Å². The Morgan fingerprint density at radius 3 is 2.67 bits per heavy atom. The number of hydrogen-bond donors (Lipinski definition) is 0. The molecule has 1 atom stereocenters. The van der Waals surface area contributed by atoms with Gasteiger partial charge in [-0.05, 0) is 44.2 Å². The monoisotopic (exact) mass is 308 g/mol. The van der Waals surface area contributed by atoms with Crippen LogP contribution in [0.5, 0.6) is 5.75 Å². The lowest BCUT2D eigenvalue weighted by atomic mass is 10.2. The lowest BCUT2D eigenvalue weighted by Crippen LogP contribution is -2.34. The van der Waals surface area contributed by atoms with Gasteiger partial charge in [0.25, 0.3) is 0 Å². The van der Waals surface area contributed by atoms with Gasteiger partial charge in [-0.15, -0.1) is 0 Å². The van der Waals surface area contributed by atoms with Crippen LogP contribution in [0.2, 0.25) is 0 Å². The second kappa shape index (κ2) is 6.92. The average molecular weight is 308 g/mol. The van der Waals surface area contributed by atoms with Crippen molar-refractivity contribution in [3.63, 3.8) is 0 Å². The first-order valence-electron chi connectivity index (χ1n) is 7.04. The number of rotatable bonds is 6. The summed E-state index contributed by atoms with van der Waals surface area (Å²) < 4.78 is 28.5. The molecule has 1 aliphatic rings. The first-order chi connectivity index (χ1) is 10.00. The van der Waals surface area contributed by atoms with E-state index in [1.54, 1.807) is 24.3 Å². The molecule has 0 aliphatic carbocycles. The van der Waals surface area contributed by atoms with Crippen LogP contribution < -0.4 is 4.74 Å². The molecule has 5 nitrogen and oxygen atoms in total. The Bertz CT molecular complexity index is 605. The molecular weight excluding hydrogens is 288 g/mol. The highest BCUT2D eigenvalue weighted by Crippen LogP contribution is 2.17. The van der Waals surface area contributed by atoms with E-state index in [0.29, 0.717) is 17.9 Å². The summed E-state index contributed by atoms with van der Waals surface area (Å²) in [7, 11) is -0.854. The summed E-state index contributed by atoms with van der Waals surface area (Å²) in [5.74, 6) is 1.34. The normalized spacial score (nSPS) is 20.3. The molecule has 1 aliphatic heterocycles. The van der Waals surface area contributed by atoms with Crippen LogP contribution in [0.15, 0.2) is 24.3 Å². The van der Waals surface area contributed by atoms with E-state index >= 15 is 0 Å². The van der Waals surface area contributed by atoms with Crippen LogP contribution in [0.25, 0.3) is 0 Å². The minimum Gasteiger partial charge on any atom is -0.494 e. The highest BCUT2D eigenvalue weighted by Gasteiger charge is 2.30. The predicted octanol–water partition coefficient (Wildman–Crippen LogP) is 1.45. The van der Waals surface area contributed by atoms with Crippen molar-refractivity contribution in [3.8, 4) is 11.8 Å². The van der Waals surface area contributed by atoms with Gasteiger partial charge in [0, 0.05) is 12.6 Å². The summed E-state index contributed by atoms with van der Waals surface area (Å²) in [6.45, 7) is 1.40. The van der Waals surface area contributed by atoms with E-state index in [9.17, 15) is 8.42 Å². The largest absolute Gasteiger partial charge is 0.494 e. The van der Waals surface area contributed by atoms with E-state index in [1.165, 1.54) is 0 Å². The first-order valence-corrected chi connectivity index (χ1v) is 8.86. The Morgan fingerprint density at radius 2 is 2.10 bits per heavy atom. The molecule has 114 valence electrons. The molecule has 1 aromatic rings. The van der Waals surface area contributed by atoms with E-state index in [0.717, 1.165) is 25.1 Å². The zero-order valence-electron chi connectivity index (χ0n) is 12.2. The topological polar surface area (TPSA) is 70.4 Å². The van der Waals surface area contributed by atoms with Crippen molar-refractivity contribution in [2.24, 2.45) is 0 Å². The molecule has 1 heterocycles. The molecule has 2 rings (SSSR count). The minimum atomic E-state index is -2.82. The Balaban J connectivity index is 1.68. The van der Waals surface area contributed by atoms with Crippen LogP contribution >= 0.6 is 0 Å². The fourth-order valence-corrected chi connectivity index (χ4v) is 4.24. The molecule has 1 fully saturated rings. The van der Waals surface area contributed by atoms with Gasteiger partial charge in [0.2, 0.25) is 0 Å². The number of sulfone groups is 1. The van der Waals surface area contributed by atoms with Crippen molar-refractivity contribution < 1.29 is 13.2 Å². The molecule has 1 aromatic carbocycles. The highest BCUT2D eigenvalue weighted by atomic mass is 32.2. The number of nitriles is 1. The summed E-state index contributed by atoms with van der Waals surface area (Å²) in [6.07, 6.45) is 1.57. The maximum absolute atomic E-state index is 11.4. The average Bonchev–Trinajstić information content (AvgIpc) is 2.84. The maximum atomic E-state index is 11.4. The van der Waals surface area contributed by atoms with Crippen LogP contribution in [-0.2, 0) is 9.84 Å². The van der Waals surface area contributed by atoms with Crippen molar-refractivity contribution in [1.29, 1.82) is 5.26 Å². The third-order valence-corrected chi connectivity index (χ3v) is 5.49. The summed E-state index contributed by atoms with van der Waals surface area (Å²) in [5, 5.41) is 8.71. The number of benzene rings is 1. The summed E-state index contributed by atoms with van der Waals surface area (Å²) in [6, 6.07) is 9.23. The van der Waals surface area contributed by atoms with Crippen molar-refractivity contribution in [3.05, 3.63) is 29.8 Å². The van der Waals surface area contributed by atoms with Gasteiger partial charge in [-0.1, -0.05) is 0 Å². The molecule has 21 heavy (non-hydrogen) atoms. The molecule has 0 amide bonds. The third kappa shape index (κ3) is 4.73. The maximum Gasteiger partial charge on any atom is 0.151 e. The second-order valence-corrected chi connectivity index (χ2v) is 7.60. The zero-order valence-corrected chi connectivity index (χ0v) is 13.0. The smallest absolute Gasteiger partial charge is 0.151 e. The second-order valence-electron chi connectivity index (χ2n) is 5.38. The standard InChI is InChI=1S/C15H20N2O3S/c1-17(14-7-10-21(18,19)12-14)8-2-9-20-15-5-3-13(11-16)4-6-15/h3-6,14H,2,7-10,12H2,1H3. The molecular formula is C15H20N2O3S. The van der Waals surface area contributed by atoms with Gasteiger partial charge in [-0.25, -0.2) is 8.42 Å². The van der Waals surface area contributed by atoms with Gasteiger partial charge < -0.3 is 9.64 Å². The van der Waals surface area contributed by atoms with Crippen molar-refractivity contribution >= 4 is 9.84 Å². The van der Waals surface area contributed by atoms with Crippen LogP contribution in [0, 0.1) is 11.3 Å². The number of ether oxygens (including phenoxy) is 1. The summed E-state index contributed by atoms with van der Waals surface area (Å²) in [4.78, 5) is 2.10. The molecule has 1 saturated heterocycles. The SMILES string of the molecule is CN(CCCOc1ccc(C#N)cc1)C1CCS(=O)(=O)C1. The number of nitrogens with zero attached hydrogens (tertiary/aromatic N) is 2. The highest BCUT2D eigenvalue weighted by molar-refractivity contribution is 7.91. The molecule has 0 saturated carbocycles. The van der Waals surface area contributed by atoms with Crippen LogP contribution in [0.1, 0.15) is 18.4 Å². The first kappa shape index (κ1) is 15.8. The van der Waals surface area contributed by atoms with Crippen molar-refractivity contribution in [2.75, 3.05) is 31.7 Å². The minimum absolute atomic E-state index is 0.143. The van der Waals surface area contributed by atoms with E-state index in [1.807, 2.05) is 7.05 Å². The molecule has 0 spiro atoms. The van der Waals surface area contributed by atoms with Gasteiger partial charge in [-0.2, -0.15) is 5.26 Å². The van der Waals surface area contributed by atoms with Gasteiger partial charge in [0.15, 0.2) is 9.84 Å². The fourth-order valence-electron chi connectivity index (χ4n) is 2.44. The Labute approximate surface area is 126 Å². The molecule has 0 aromatic heterocycles. The lowest BCUT2D eigenvalue weighted by molar-refractivity contribution is 0.227. The van der Waals surface area contributed by atoms with Crippen LogP contribution in [-0.4, -0.2) is 51.1 Å². The fraction of sp³-hybridized carbons (Fsp3) is 0.533. The Hall–Kier alpha value is -1.58. The van der Waals surface area contributed by atoms with Crippen molar-refractivity contribution in [2.45, 2.75) is 18.9 Å². The molecule has 6 heteroatoms. The quantitative estimate of drug-likeness (QED) is 0.744. The summed E-state index contributed by atoms with van der Waals surface area (Å²) >= 11 is 0. The zero-order chi connectivity index (χ0) is 15.3. The molecule has 0 radical (unpaired) electrons. The third-order valence-electron chi connectivity index (χ3n) is 3.74. The molecule has 1 unspecified atom stereocenters. The van der Waals surface area contributed by atoms with E-state index < -0.39 is 9.84 Å². The van der Waals surface area contributed by atoms with Crippen LogP contribution in [0.3, 0.4) is 0 Å². The van der Waals surface area contributed by atoms with Crippen LogP contribution in [0.4, 0.5) is 0 Å². The Morgan fingerprint density at radius 1 is 1.38 bits per heavy atom. The summed E-state index contributed by atoms with van der Waals surface area (Å²) in [5.41, 5.74) is 0.615. The van der Waals surface area contributed by atoms with Crippen molar-refractivity contribution in [1.82, 2.24) is 4.90 Å². The van der Waals surface area contributed by atoms with Gasteiger partial charge >= 0.3 is 0 Å².